The lowest BCUT2D eigenvalue weighted by atomic mass is 9.68. The predicted molar refractivity (Wildman–Crippen MR) is 61.4 cm³/mol. The first-order valence-corrected chi connectivity index (χ1v) is 6.65. The zero-order valence-electron chi connectivity index (χ0n) is 9.60. The van der Waals surface area contributed by atoms with Gasteiger partial charge in [0.05, 0.1) is 0 Å². The molecule has 1 heteroatoms. The van der Waals surface area contributed by atoms with Gasteiger partial charge >= 0.3 is 0 Å². The third kappa shape index (κ3) is 2.31. The molecule has 2 fully saturated rings. The van der Waals surface area contributed by atoms with E-state index in [0.717, 1.165) is 17.9 Å². The normalized spacial score (nSPS) is 34.1. The molecule has 0 heterocycles. The minimum Gasteiger partial charge on any atom is -0.314 e. The highest BCUT2D eigenvalue weighted by Crippen LogP contribution is 2.41. The number of nitrogens with one attached hydrogen (secondary N) is 1. The van der Waals surface area contributed by atoms with Crippen LogP contribution >= 0.6 is 0 Å². The third-order valence-corrected chi connectivity index (χ3v) is 4.23. The first-order chi connectivity index (χ1) is 6.92. The standard InChI is InChI=1S/C13H25N/c1-2-10-14-13-9-4-3-8-12(13)11-6-5-7-11/h11-14H,2-10H2,1H3. The van der Waals surface area contributed by atoms with Gasteiger partial charge in [0.1, 0.15) is 0 Å². The third-order valence-electron chi connectivity index (χ3n) is 4.23. The summed E-state index contributed by atoms with van der Waals surface area (Å²) in [5.41, 5.74) is 0. The SMILES string of the molecule is CCCNC1CCCCC1C1CCC1. The first kappa shape index (κ1) is 10.5. The molecule has 2 rings (SSSR count). The van der Waals surface area contributed by atoms with Gasteiger partial charge in [-0.05, 0) is 37.6 Å². The van der Waals surface area contributed by atoms with E-state index in [9.17, 15) is 0 Å². The van der Waals surface area contributed by atoms with Crippen LogP contribution < -0.4 is 5.32 Å². The van der Waals surface area contributed by atoms with Crippen LogP contribution in [0.2, 0.25) is 0 Å². The average Bonchev–Trinajstić information content (AvgIpc) is 2.14. The Morgan fingerprint density at radius 1 is 1.00 bits per heavy atom. The van der Waals surface area contributed by atoms with E-state index in [-0.39, 0.29) is 0 Å². The molecule has 0 aromatic rings. The summed E-state index contributed by atoms with van der Waals surface area (Å²) in [5.74, 6) is 2.12. The summed E-state index contributed by atoms with van der Waals surface area (Å²) < 4.78 is 0. The highest BCUT2D eigenvalue weighted by atomic mass is 14.9. The van der Waals surface area contributed by atoms with E-state index in [1.807, 2.05) is 0 Å². The summed E-state index contributed by atoms with van der Waals surface area (Å²) in [7, 11) is 0. The summed E-state index contributed by atoms with van der Waals surface area (Å²) in [6.07, 6.45) is 11.7. The Labute approximate surface area is 88.7 Å². The molecule has 0 amide bonds. The smallest absolute Gasteiger partial charge is 0.00979 e. The van der Waals surface area contributed by atoms with Crippen LogP contribution in [0.1, 0.15) is 58.3 Å². The van der Waals surface area contributed by atoms with Crippen molar-refractivity contribution in [2.75, 3.05) is 6.54 Å². The molecule has 2 atom stereocenters. The van der Waals surface area contributed by atoms with Crippen molar-refractivity contribution in [3.8, 4) is 0 Å². The van der Waals surface area contributed by atoms with Crippen LogP contribution in [-0.2, 0) is 0 Å². The zero-order chi connectivity index (χ0) is 9.80. The van der Waals surface area contributed by atoms with E-state index in [4.69, 9.17) is 0 Å². The Morgan fingerprint density at radius 2 is 1.79 bits per heavy atom. The second kappa shape index (κ2) is 5.16. The molecule has 0 aromatic heterocycles. The number of hydrogen-bond acceptors (Lipinski definition) is 1. The molecule has 1 nitrogen and oxygen atoms in total. The highest BCUT2D eigenvalue weighted by Gasteiger charge is 2.34. The molecule has 2 saturated carbocycles. The minimum absolute atomic E-state index is 0.869. The lowest BCUT2D eigenvalue weighted by Crippen LogP contribution is -2.43. The Bertz CT molecular complexity index is 163. The van der Waals surface area contributed by atoms with Crippen LogP contribution in [-0.4, -0.2) is 12.6 Å². The van der Waals surface area contributed by atoms with E-state index < -0.39 is 0 Å². The lowest BCUT2D eigenvalue weighted by Gasteiger charge is -2.42. The highest BCUT2D eigenvalue weighted by molar-refractivity contribution is 4.88. The van der Waals surface area contributed by atoms with Crippen LogP contribution in [0.5, 0.6) is 0 Å². The fourth-order valence-corrected chi connectivity index (χ4v) is 3.17. The molecule has 0 aliphatic heterocycles. The fraction of sp³-hybridized carbons (Fsp3) is 1.00. The van der Waals surface area contributed by atoms with Crippen molar-refractivity contribution in [3.05, 3.63) is 0 Å². The molecule has 1 N–H and O–H groups in total. The van der Waals surface area contributed by atoms with E-state index in [1.165, 1.54) is 57.9 Å². The molecule has 0 spiro atoms. The van der Waals surface area contributed by atoms with Crippen LogP contribution in [0.25, 0.3) is 0 Å². The van der Waals surface area contributed by atoms with Crippen molar-refractivity contribution in [1.82, 2.24) is 5.32 Å². The van der Waals surface area contributed by atoms with E-state index in [2.05, 4.69) is 12.2 Å². The van der Waals surface area contributed by atoms with Crippen molar-refractivity contribution in [1.29, 1.82) is 0 Å². The maximum Gasteiger partial charge on any atom is 0.00979 e. The zero-order valence-corrected chi connectivity index (χ0v) is 9.60. The lowest BCUT2D eigenvalue weighted by molar-refractivity contribution is 0.123. The first-order valence-electron chi connectivity index (χ1n) is 6.65. The molecule has 0 saturated heterocycles. The summed E-state index contributed by atoms with van der Waals surface area (Å²) in [6.45, 7) is 3.50. The van der Waals surface area contributed by atoms with Crippen LogP contribution in [0.3, 0.4) is 0 Å². The Hall–Kier alpha value is -0.0400. The monoisotopic (exact) mass is 195 g/mol. The summed E-state index contributed by atoms with van der Waals surface area (Å²) in [4.78, 5) is 0. The second-order valence-corrected chi connectivity index (χ2v) is 5.20. The van der Waals surface area contributed by atoms with Crippen molar-refractivity contribution in [2.24, 2.45) is 11.8 Å². The molecule has 0 aromatic carbocycles. The van der Waals surface area contributed by atoms with Gasteiger partial charge in [-0.2, -0.15) is 0 Å². The maximum absolute atomic E-state index is 3.77. The van der Waals surface area contributed by atoms with Crippen molar-refractivity contribution >= 4 is 0 Å². The second-order valence-electron chi connectivity index (χ2n) is 5.20. The van der Waals surface area contributed by atoms with Gasteiger partial charge in [0.15, 0.2) is 0 Å². The fourth-order valence-electron chi connectivity index (χ4n) is 3.17. The van der Waals surface area contributed by atoms with E-state index in [1.54, 1.807) is 0 Å². The minimum atomic E-state index is 0.869. The van der Waals surface area contributed by atoms with Crippen molar-refractivity contribution < 1.29 is 0 Å². The largest absolute Gasteiger partial charge is 0.314 e. The predicted octanol–water partition coefficient (Wildman–Crippen LogP) is 3.34. The molecule has 2 unspecified atom stereocenters. The van der Waals surface area contributed by atoms with Crippen LogP contribution in [0.4, 0.5) is 0 Å². The van der Waals surface area contributed by atoms with E-state index in [0.29, 0.717) is 0 Å². The molecule has 0 radical (unpaired) electrons. The van der Waals surface area contributed by atoms with Crippen LogP contribution in [0, 0.1) is 11.8 Å². The Morgan fingerprint density at radius 3 is 2.43 bits per heavy atom. The van der Waals surface area contributed by atoms with Crippen LogP contribution in [0.15, 0.2) is 0 Å². The van der Waals surface area contributed by atoms with Gasteiger partial charge in [0, 0.05) is 6.04 Å². The Kier molecular flexibility index (Phi) is 3.86. The van der Waals surface area contributed by atoms with Gasteiger partial charge in [-0.3, -0.25) is 0 Å². The molecule has 2 aliphatic carbocycles. The van der Waals surface area contributed by atoms with Gasteiger partial charge in [-0.25, -0.2) is 0 Å². The Balaban J connectivity index is 1.82. The summed E-state index contributed by atoms with van der Waals surface area (Å²) in [6, 6.07) is 0.869. The average molecular weight is 195 g/mol. The van der Waals surface area contributed by atoms with E-state index >= 15 is 0 Å². The number of rotatable bonds is 4. The van der Waals surface area contributed by atoms with Gasteiger partial charge in [0.25, 0.3) is 0 Å². The van der Waals surface area contributed by atoms with Gasteiger partial charge in [0.2, 0.25) is 0 Å². The summed E-state index contributed by atoms with van der Waals surface area (Å²) >= 11 is 0. The quantitative estimate of drug-likeness (QED) is 0.725. The van der Waals surface area contributed by atoms with Gasteiger partial charge in [-0.1, -0.05) is 39.0 Å². The topological polar surface area (TPSA) is 12.0 Å². The summed E-state index contributed by atoms with van der Waals surface area (Å²) in [5, 5.41) is 3.77. The van der Waals surface area contributed by atoms with Crippen molar-refractivity contribution in [3.63, 3.8) is 0 Å². The molecule has 14 heavy (non-hydrogen) atoms. The molecule has 82 valence electrons. The van der Waals surface area contributed by atoms with Crippen molar-refractivity contribution in [2.45, 2.75) is 64.3 Å². The molecular formula is C13H25N. The maximum atomic E-state index is 3.77. The molecule has 2 aliphatic rings. The number of hydrogen-bond donors (Lipinski definition) is 1. The molecule has 0 bridgehead atoms. The van der Waals surface area contributed by atoms with Gasteiger partial charge < -0.3 is 5.32 Å². The molecular weight excluding hydrogens is 170 g/mol. The van der Waals surface area contributed by atoms with Gasteiger partial charge in [-0.15, -0.1) is 0 Å².